The molecule has 28 heavy (non-hydrogen) atoms. The molecule has 0 radical (unpaired) electrons. The standard InChI is InChI=1S/C23H25ClN2O2/c1-16-7-2-4-11-20(16)22-13-19(28-25-22)15-26(23(27)17-9-6-10-17)14-18-8-3-5-12-21(18)24/h2-5,7-8,11-12,17,19H,6,9-10,13-15H2,1H3. The van der Waals surface area contributed by atoms with Gasteiger partial charge in [0.25, 0.3) is 0 Å². The normalized spacial score (nSPS) is 18.9. The smallest absolute Gasteiger partial charge is 0.226 e. The number of aryl methyl sites for hydroxylation is 1. The highest BCUT2D eigenvalue weighted by Gasteiger charge is 2.33. The van der Waals surface area contributed by atoms with E-state index < -0.39 is 0 Å². The summed E-state index contributed by atoms with van der Waals surface area (Å²) < 4.78 is 0. The van der Waals surface area contributed by atoms with E-state index in [1.165, 1.54) is 5.56 Å². The monoisotopic (exact) mass is 396 g/mol. The molecular weight excluding hydrogens is 372 g/mol. The Hall–Kier alpha value is -2.33. The number of nitrogens with zero attached hydrogens (tertiary/aromatic N) is 2. The number of hydrogen-bond donors (Lipinski definition) is 0. The number of amides is 1. The first-order valence-electron chi connectivity index (χ1n) is 9.92. The second kappa shape index (κ2) is 8.36. The van der Waals surface area contributed by atoms with Crippen LogP contribution in [0.3, 0.4) is 0 Å². The van der Waals surface area contributed by atoms with Crippen molar-refractivity contribution in [3.8, 4) is 0 Å². The second-order valence-electron chi connectivity index (χ2n) is 7.72. The van der Waals surface area contributed by atoms with E-state index in [-0.39, 0.29) is 17.9 Å². The van der Waals surface area contributed by atoms with Gasteiger partial charge in [0.1, 0.15) is 0 Å². The minimum atomic E-state index is -0.124. The zero-order valence-corrected chi connectivity index (χ0v) is 16.9. The van der Waals surface area contributed by atoms with Crippen molar-refractivity contribution < 1.29 is 9.63 Å². The first-order valence-corrected chi connectivity index (χ1v) is 10.3. The molecular formula is C23H25ClN2O2. The van der Waals surface area contributed by atoms with Gasteiger partial charge in [-0.1, -0.05) is 65.6 Å². The van der Waals surface area contributed by atoms with E-state index in [4.69, 9.17) is 16.4 Å². The molecule has 0 spiro atoms. The van der Waals surface area contributed by atoms with Gasteiger partial charge in [0.2, 0.25) is 5.91 Å². The van der Waals surface area contributed by atoms with Gasteiger partial charge in [-0.25, -0.2) is 0 Å². The molecule has 1 fully saturated rings. The average Bonchev–Trinajstić information content (AvgIpc) is 3.10. The molecule has 5 heteroatoms. The number of oxime groups is 1. The molecule has 0 N–H and O–H groups in total. The van der Waals surface area contributed by atoms with Gasteiger partial charge in [-0.15, -0.1) is 0 Å². The third-order valence-electron chi connectivity index (χ3n) is 5.70. The molecule has 2 aromatic carbocycles. The predicted octanol–water partition coefficient (Wildman–Crippen LogP) is 4.97. The lowest BCUT2D eigenvalue weighted by Crippen LogP contribution is -2.42. The van der Waals surface area contributed by atoms with Crippen molar-refractivity contribution in [3.05, 3.63) is 70.2 Å². The lowest BCUT2D eigenvalue weighted by atomic mass is 9.84. The molecule has 2 aromatic rings. The molecule has 0 aromatic heterocycles. The first kappa shape index (κ1) is 19.0. The summed E-state index contributed by atoms with van der Waals surface area (Å²) in [7, 11) is 0. The Labute approximate surface area is 171 Å². The highest BCUT2D eigenvalue weighted by atomic mass is 35.5. The SMILES string of the molecule is Cc1ccccc1C1=NOC(CN(Cc2ccccc2Cl)C(=O)C2CCC2)C1. The maximum Gasteiger partial charge on any atom is 0.226 e. The van der Waals surface area contributed by atoms with Crippen molar-refractivity contribution in [2.45, 2.75) is 45.3 Å². The Morgan fingerprint density at radius 2 is 1.93 bits per heavy atom. The molecule has 1 aliphatic heterocycles. The van der Waals surface area contributed by atoms with Crippen molar-refractivity contribution in [2.24, 2.45) is 11.1 Å². The van der Waals surface area contributed by atoms with Gasteiger partial charge in [0.15, 0.2) is 6.10 Å². The highest BCUT2D eigenvalue weighted by Crippen LogP contribution is 2.30. The summed E-state index contributed by atoms with van der Waals surface area (Å²) in [4.78, 5) is 20.6. The number of carbonyl (C=O) groups is 1. The lowest BCUT2D eigenvalue weighted by molar-refractivity contribution is -0.140. The molecule has 4 rings (SSSR count). The molecule has 0 saturated heterocycles. The van der Waals surface area contributed by atoms with Gasteiger partial charge in [0, 0.05) is 29.5 Å². The van der Waals surface area contributed by atoms with Crippen LogP contribution in [0.15, 0.2) is 53.7 Å². The van der Waals surface area contributed by atoms with Crippen LogP contribution in [0.2, 0.25) is 5.02 Å². The topological polar surface area (TPSA) is 41.9 Å². The van der Waals surface area contributed by atoms with Crippen molar-refractivity contribution >= 4 is 23.2 Å². The largest absolute Gasteiger partial charge is 0.390 e. The van der Waals surface area contributed by atoms with Crippen LogP contribution < -0.4 is 0 Å². The number of hydrogen-bond acceptors (Lipinski definition) is 3. The summed E-state index contributed by atoms with van der Waals surface area (Å²) in [6.45, 7) is 3.11. The van der Waals surface area contributed by atoms with Crippen LogP contribution in [0.5, 0.6) is 0 Å². The van der Waals surface area contributed by atoms with Crippen LogP contribution in [0.4, 0.5) is 0 Å². The minimum absolute atomic E-state index is 0.124. The van der Waals surface area contributed by atoms with Gasteiger partial charge in [0.05, 0.1) is 12.3 Å². The van der Waals surface area contributed by atoms with Gasteiger partial charge >= 0.3 is 0 Å². The maximum absolute atomic E-state index is 13.0. The van der Waals surface area contributed by atoms with E-state index in [9.17, 15) is 4.79 Å². The van der Waals surface area contributed by atoms with E-state index in [0.717, 1.165) is 36.1 Å². The Bertz CT molecular complexity index is 892. The summed E-state index contributed by atoms with van der Waals surface area (Å²) in [6.07, 6.45) is 3.68. The van der Waals surface area contributed by atoms with Gasteiger partial charge < -0.3 is 9.74 Å². The highest BCUT2D eigenvalue weighted by molar-refractivity contribution is 6.31. The van der Waals surface area contributed by atoms with E-state index >= 15 is 0 Å². The molecule has 1 unspecified atom stereocenters. The van der Waals surface area contributed by atoms with Crippen molar-refractivity contribution in [1.82, 2.24) is 4.90 Å². The number of benzene rings is 2. The Morgan fingerprint density at radius 1 is 1.18 bits per heavy atom. The average molecular weight is 397 g/mol. The van der Waals surface area contributed by atoms with Crippen LogP contribution in [0.1, 0.15) is 42.4 Å². The van der Waals surface area contributed by atoms with Gasteiger partial charge in [-0.2, -0.15) is 0 Å². The lowest BCUT2D eigenvalue weighted by Gasteiger charge is -2.33. The van der Waals surface area contributed by atoms with Crippen molar-refractivity contribution in [1.29, 1.82) is 0 Å². The van der Waals surface area contributed by atoms with E-state index in [0.29, 0.717) is 24.5 Å². The predicted molar refractivity (Wildman–Crippen MR) is 111 cm³/mol. The molecule has 4 nitrogen and oxygen atoms in total. The number of halogens is 1. The van der Waals surface area contributed by atoms with E-state index in [1.807, 2.05) is 41.3 Å². The van der Waals surface area contributed by atoms with Crippen LogP contribution in [-0.4, -0.2) is 29.2 Å². The summed E-state index contributed by atoms with van der Waals surface area (Å²) in [5.41, 5.74) is 4.23. The van der Waals surface area contributed by atoms with Crippen LogP contribution in [0.25, 0.3) is 0 Å². The third kappa shape index (κ3) is 4.07. The number of carbonyl (C=O) groups excluding carboxylic acids is 1. The molecule has 1 saturated carbocycles. The fourth-order valence-corrected chi connectivity index (χ4v) is 4.00. The summed E-state index contributed by atoms with van der Waals surface area (Å²) in [5.74, 6) is 0.347. The molecule has 2 aliphatic rings. The molecule has 0 bridgehead atoms. The molecule has 1 amide bonds. The summed E-state index contributed by atoms with van der Waals surface area (Å²) >= 11 is 6.35. The zero-order valence-electron chi connectivity index (χ0n) is 16.1. The molecule has 1 aliphatic carbocycles. The Kier molecular flexibility index (Phi) is 5.67. The van der Waals surface area contributed by atoms with Crippen LogP contribution >= 0.6 is 11.6 Å². The fraction of sp³-hybridized carbons (Fsp3) is 0.391. The van der Waals surface area contributed by atoms with Crippen molar-refractivity contribution in [3.63, 3.8) is 0 Å². The van der Waals surface area contributed by atoms with Gasteiger partial charge in [-0.3, -0.25) is 4.79 Å². The van der Waals surface area contributed by atoms with E-state index in [2.05, 4.69) is 24.2 Å². The molecule has 146 valence electrons. The van der Waals surface area contributed by atoms with Crippen LogP contribution in [-0.2, 0) is 16.2 Å². The maximum atomic E-state index is 13.0. The Morgan fingerprint density at radius 3 is 2.64 bits per heavy atom. The molecule has 1 heterocycles. The van der Waals surface area contributed by atoms with Crippen LogP contribution in [0, 0.1) is 12.8 Å². The second-order valence-corrected chi connectivity index (χ2v) is 8.13. The fourth-order valence-electron chi connectivity index (χ4n) is 3.81. The van der Waals surface area contributed by atoms with Crippen molar-refractivity contribution in [2.75, 3.05) is 6.54 Å². The quantitative estimate of drug-likeness (QED) is 0.691. The number of rotatable bonds is 6. The molecule has 1 atom stereocenters. The summed E-state index contributed by atoms with van der Waals surface area (Å²) in [6, 6.07) is 15.9. The van der Waals surface area contributed by atoms with Gasteiger partial charge in [-0.05, 0) is 37.0 Å². The third-order valence-corrected chi connectivity index (χ3v) is 6.07. The first-order chi connectivity index (χ1) is 13.6. The summed E-state index contributed by atoms with van der Waals surface area (Å²) in [5, 5.41) is 5.01. The minimum Gasteiger partial charge on any atom is -0.390 e. The zero-order chi connectivity index (χ0) is 19.5. The van der Waals surface area contributed by atoms with E-state index in [1.54, 1.807) is 0 Å². The Balaban J connectivity index is 1.46.